The lowest BCUT2D eigenvalue weighted by Gasteiger charge is -2.34. The van der Waals surface area contributed by atoms with Gasteiger partial charge < -0.3 is 9.80 Å². The molecular weight excluding hydrogens is 410 g/mol. The second-order valence-electron chi connectivity index (χ2n) is 8.11. The molecule has 0 radical (unpaired) electrons. The molecule has 2 aromatic carbocycles. The molecule has 2 aliphatic rings. The largest absolute Gasteiger partial charge is 0.371 e. The van der Waals surface area contributed by atoms with E-state index in [1.807, 2.05) is 4.90 Å². The van der Waals surface area contributed by atoms with Crippen LogP contribution in [-0.2, 0) is 16.4 Å². The molecule has 1 amide bonds. The van der Waals surface area contributed by atoms with Crippen molar-refractivity contribution < 1.29 is 13.2 Å². The number of sulfonamides is 1. The molecule has 1 N–H and O–H groups in total. The Hall–Kier alpha value is -2.82. The Kier molecular flexibility index (Phi) is 6.30. The predicted molar refractivity (Wildman–Crippen MR) is 121 cm³/mol. The quantitative estimate of drug-likeness (QED) is 0.705. The van der Waals surface area contributed by atoms with Crippen LogP contribution in [0.3, 0.4) is 0 Å². The molecule has 2 aliphatic heterocycles. The number of rotatable bonds is 6. The molecule has 7 heteroatoms. The second kappa shape index (κ2) is 9.13. The van der Waals surface area contributed by atoms with Gasteiger partial charge in [-0.2, -0.15) is 4.72 Å². The molecule has 2 aromatic rings. The number of nitrogens with one attached hydrogen (secondary N) is 1. The van der Waals surface area contributed by atoms with Crippen molar-refractivity contribution in [3.63, 3.8) is 0 Å². The summed E-state index contributed by atoms with van der Waals surface area (Å²) in [6, 6.07) is 14.6. The summed E-state index contributed by atoms with van der Waals surface area (Å²) in [5.41, 5.74) is 3.28. The fraction of sp³-hybridized carbons (Fsp3) is 0.375. The van der Waals surface area contributed by atoms with E-state index >= 15 is 0 Å². The summed E-state index contributed by atoms with van der Waals surface area (Å²) >= 11 is 0. The summed E-state index contributed by atoms with van der Waals surface area (Å²) < 4.78 is 26.6. The molecule has 0 bridgehead atoms. The van der Waals surface area contributed by atoms with Crippen molar-refractivity contribution in [2.24, 2.45) is 5.92 Å². The number of para-hydroxylation sites is 1. The van der Waals surface area contributed by atoms with Crippen LogP contribution in [0.1, 0.15) is 28.8 Å². The van der Waals surface area contributed by atoms with E-state index in [9.17, 15) is 13.2 Å². The Balaban J connectivity index is 1.32. The van der Waals surface area contributed by atoms with Crippen LogP contribution >= 0.6 is 0 Å². The topological polar surface area (TPSA) is 69.7 Å². The summed E-state index contributed by atoms with van der Waals surface area (Å²) in [6.45, 7) is 3.49. The number of likely N-dealkylation sites (tertiary alicyclic amines) is 1. The van der Waals surface area contributed by atoms with Gasteiger partial charge in [0.05, 0.1) is 11.4 Å². The van der Waals surface area contributed by atoms with Crippen molar-refractivity contribution in [2.45, 2.75) is 24.2 Å². The number of carbonyl (C=O) groups is 1. The molecule has 2 heterocycles. The summed E-state index contributed by atoms with van der Waals surface area (Å²) in [5.74, 6) is 2.77. The Bertz CT molecular complexity index is 1080. The number of terminal acetylenes is 1. The van der Waals surface area contributed by atoms with Crippen molar-refractivity contribution in [3.8, 4) is 12.3 Å². The Morgan fingerprint density at radius 3 is 2.48 bits per heavy atom. The van der Waals surface area contributed by atoms with E-state index in [2.05, 4.69) is 39.8 Å². The maximum atomic E-state index is 12.9. The van der Waals surface area contributed by atoms with E-state index in [0.717, 1.165) is 45.4 Å². The van der Waals surface area contributed by atoms with E-state index in [-0.39, 0.29) is 17.3 Å². The lowest BCUT2D eigenvalue weighted by Crippen LogP contribution is -2.41. The molecule has 0 spiro atoms. The van der Waals surface area contributed by atoms with Crippen LogP contribution in [0, 0.1) is 18.3 Å². The molecule has 31 heavy (non-hydrogen) atoms. The Labute approximate surface area is 184 Å². The highest BCUT2D eigenvalue weighted by Crippen LogP contribution is 2.30. The van der Waals surface area contributed by atoms with Gasteiger partial charge in [0.2, 0.25) is 10.0 Å². The van der Waals surface area contributed by atoms with Crippen LogP contribution in [-0.4, -0.2) is 51.9 Å². The minimum absolute atomic E-state index is 0.0505. The minimum Gasteiger partial charge on any atom is -0.371 e. The van der Waals surface area contributed by atoms with Crippen molar-refractivity contribution in [1.29, 1.82) is 0 Å². The zero-order valence-electron chi connectivity index (χ0n) is 17.5. The van der Waals surface area contributed by atoms with Gasteiger partial charge in [-0.25, -0.2) is 8.42 Å². The van der Waals surface area contributed by atoms with Gasteiger partial charge in [-0.15, -0.1) is 6.42 Å². The first kappa shape index (κ1) is 21.4. The highest BCUT2D eigenvalue weighted by atomic mass is 32.2. The fourth-order valence-electron chi connectivity index (χ4n) is 4.41. The molecule has 0 atom stereocenters. The molecule has 162 valence electrons. The summed E-state index contributed by atoms with van der Waals surface area (Å²) in [6.07, 6.45) is 8.17. The summed E-state index contributed by atoms with van der Waals surface area (Å²) in [4.78, 5) is 17.3. The van der Waals surface area contributed by atoms with E-state index in [1.54, 1.807) is 12.1 Å². The summed E-state index contributed by atoms with van der Waals surface area (Å²) in [5, 5.41) is 0. The molecule has 0 aromatic heterocycles. The maximum Gasteiger partial charge on any atom is 0.253 e. The monoisotopic (exact) mass is 437 g/mol. The van der Waals surface area contributed by atoms with Gasteiger partial charge in [0.15, 0.2) is 0 Å². The number of carbonyl (C=O) groups excluding carboxylic acids is 1. The molecule has 0 saturated carbocycles. The van der Waals surface area contributed by atoms with Gasteiger partial charge >= 0.3 is 0 Å². The average Bonchev–Trinajstić information content (AvgIpc) is 3.21. The molecule has 0 aliphatic carbocycles. The number of amides is 1. The highest BCUT2D eigenvalue weighted by molar-refractivity contribution is 7.89. The minimum atomic E-state index is -3.65. The van der Waals surface area contributed by atoms with E-state index in [4.69, 9.17) is 6.42 Å². The predicted octanol–water partition coefficient (Wildman–Crippen LogP) is 2.51. The lowest BCUT2D eigenvalue weighted by atomic mass is 9.95. The number of benzene rings is 2. The molecule has 1 saturated heterocycles. The van der Waals surface area contributed by atoms with E-state index < -0.39 is 10.0 Å². The molecule has 1 fully saturated rings. The SMILES string of the molecule is C#CCNS(=O)(=O)c1ccc(C(=O)N2CCC(CN3CCc4ccccc43)CC2)cc1. The summed E-state index contributed by atoms with van der Waals surface area (Å²) in [7, 11) is -3.65. The van der Waals surface area contributed by atoms with Gasteiger partial charge in [0.25, 0.3) is 5.91 Å². The third-order valence-electron chi connectivity index (χ3n) is 6.14. The van der Waals surface area contributed by atoms with Crippen LogP contribution < -0.4 is 9.62 Å². The van der Waals surface area contributed by atoms with Crippen LogP contribution in [0.25, 0.3) is 0 Å². The number of hydrogen-bond donors (Lipinski definition) is 1. The van der Waals surface area contributed by atoms with Gasteiger partial charge in [0, 0.05) is 37.4 Å². The number of fused-ring (bicyclic) bond motifs is 1. The van der Waals surface area contributed by atoms with Gasteiger partial charge in [-0.1, -0.05) is 24.1 Å². The van der Waals surface area contributed by atoms with Crippen LogP contribution in [0.5, 0.6) is 0 Å². The molecule has 6 nitrogen and oxygen atoms in total. The maximum absolute atomic E-state index is 12.9. The van der Waals surface area contributed by atoms with E-state index in [0.29, 0.717) is 11.5 Å². The molecular formula is C24H27N3O3S. The Morgan fingerprint density at radius 2 is 1.77 bits per heavy atom. The molecule has 0 unspecified atom stereocenters. The van der Waals surface area contributed by atoms with Gasteiger partial charge in [0.1, 0.15) is 0 Å². The third kappa shape index (κ3) is 4.76. The number of hydrogen-bond acceptors (Lipinski definition) is 4. The zero-order chi connectivity index (χ0) is 21.8. The van der Waals surface area contributed by atoms with Crippen LogP contribution in [0.15, 0.2) is 53.4 Å². The Morgan fingerprint density at radius 1 is 1.06 bits per heavy atom. The second-order valence-corrected chi connectivity index (χ2v) is 9.88. The number of nitrogens with zero attached hydrogens (tertiary/aromatic N) is 2. The fourth-order valence-corrected chi connectivity index (χ4v) is 5.34. The standard InChI is InChI=1S/C24H27N3O3S/c1-2-14-25-31(29,30)22-9-7-21(8-10-22)24(28)26-15-11-19(12-16-26)18-27-17-13-20-5-3-4-6-23(20)27/h1,3-10,19,25H,11-18H2. The van der Waals surface area contributed by atoms with Gasteiger partial charge in [-0.05, 0) is 61.1 Å². The van der Waals surface area contributed by atoms with Crippen LogP contribution in [0.2, 0.25) is 0 Å². The highest BCUT2D eigenvalue weighted by Gasteiger charge is 2.27. The average molecular weight is 438 g/mol. The van der Waals surface area contributed by atoms with Crippen LogP contribution in [0.4, 0.5) is 5.69 Å². The first-order valence-electron chi connectivity index (χ1n) is 10.6. The van der Waals surface area contributed by atoms with Crippen molar-refractivity contribution in [1.82, 2.24) is 9.62 Å². The number of anilines is 1. The smallest absolute Gasteiger partial charge is 0.253 e. The number of piperidine rings is 1. The lowest BCUT2D eigenvalue weighted by molar-refractivity contribution is 0.0693. The van der Waals surface area contributed by atoms with E-state index in [1.165, 1.54) is 23.4 Å². The van der Waals surface area contributed by atoms with Gasteiger partial charge in [-0.3, -0.25) is 4.79 Å². The van der Waals surface area contributed by atoms with Crippen molar-refractivity contribution in [2.75, 3.05) is 37.6 Å². The first-order chi connectivity index (χ1) is 15.0. The zero-order valence-corrected chi connectivity index (χ0v) is 18.3. The third-order valence-corrected chi connectivity index (χ3v) is 7.56. The van der Waals surface area contributed by atoms with Crippen molar-refractivity contribution >= 4 is 21.6 Å². The molecule has 4 rings (SSSR count). The van der Waals surface area contributed by atoms with Crippen molar-refractivity contribution in [3.05, 3.63) is 59.7 Å². The normalized spacial score (nSPS) is 16.7. The first-order valence-corrected chi connectivity index (χ1v) is 12.1.